The van der Waals surface area contributed by atoms with Crippen LogP contribution in [0.2, 0.25) is 0 Å². The Morgan fingerprint density at radius 2 is 1.38 bits per heavy atom. The molecule has 2 aromatic carbocycles. The Kier molecular flexibility index (Phi) is 23.7. The highest BCUT2D eigenvalue weighted by Gasteiger charge is 2.39. The molecule has 1 saturated heterocycles. The number of ether oxygens (including phenoxy) is 1. The van der Waals surface area contributed by atoms with Gasteiger partial charge in [0.05, 0.1) is 19.1 Å². The minimum atomic E-state index is -1.57. The smallest absolute Gasteiger partial charge is 0.243 e. The number of carbonyl (C=O) groups is 8. The van der Waals surface area contributed by atoms with E-state index in [0.717, 1.165) is 24.8 Å². The molecule has 0 unspecified atom stereocenters. The number of nitrogens with zero attached hydrogens (tertiary/aromatic N) is 1. The molecule has 23 heteroatoms. The van der Waals surface area contributed by atoms with Crippen LogP contribution in [-0.4, -0.2) is 126 Å². The molecule has 2 fully saturated rings. The molecule has 2 aliphatic rings. The normalized spacial score (nSPS) is 22.0. The Morgan fingerprint density at radius 1 is 0.775 bits per heavy atom. The summed E-state index contributed by atoms with van der Waals surface area (Å²) in [6.07, 6.45) is 4.14. The van der Waals surface area contributed by atoms with Gasteiger partial charge in [-0.1, -0.05) is 97.2 Å². The number of nitrogens with one attached hydrogen (secondary N) is 7. The lowest BCUT2D eigenvalue weighted by molar-refractivity contribution is -0.136. The molecule has 2 aromatic rings. The first-order valence-electron chi connectivity index (χ1n) is 24.1. The molecule has 6 atom stereocenters. The number of hydrogen-bond acceptors (Lipinski definition) is 13. The van der Waals surface area contributed by atoms with Crippen molar-refractivity contribution in [1.82, 2.24) is 37.2 Å². The Balaban J connectivity index is 1.67. The molecule has 21 nitrogen and oxygen atoms in total. The monoisotopic (exact) mass is 1020 g/mol. The van der Waals surface area contributed by atoms with Crippen molar-refractivity contribution in [3.05, 3.63) is 65.7 Å². The fourth-order valence-corrected chi connectivity index (χ4v) is 11.5. The summed E-state index contributed by atoms with van der Waals surface area (Å²) >= 11 is 0. The van der Waals surface area contributed by atoms with Gasteiger partial charge in [0.1, 0.15) is 36.0 Å². The molecule has 1 saturated carbocycles. The average molecular weight is 1030 g/mol. The SMILES string of the molecule is CCOc1ccc(C[C@H]2NC(=O)CC3(CCCCC3)SSC[C@@H](C(=O)NCCNC(=O)[C@H](N)CCCN=C(N)N)NC(=O)[C@H](CC(N)=O)NC(=O)[C@H](C(C)C)NC(=O)[C@H](Cc3ccccc3)NC2=O)cc1. The lowest BCUT2D eigenvalue weighted by Crippen LogP contribution is -2.61. The van der Waals surface area contributed by atoms with E-state index in [-0.39, 0.29) is 44.1 Å². The van der Waals surface area contributed by atoms with E-state index in [4.69, 9.17) is 27.7 Å². The van der Waals surface area contributed by atoms with Gasteiger partial charge in [-0.15, -0.1) is 0 Å². The quantitative estimate of drug-likeness (QED) is 0.0403. The van der Waals surface area contributed by atoms with E-state index in [1.54, 1.807) is 62.4 Å². The Hall–Kier alpha value is -6.07. The van der Waals surface area contributed by atoms with Crippen LogP contribution in [0.1, 0.15) is 89.7 Å². The molecule has 0 radical (unpaired) electrons. The van der Waals surface area contributed by atoms with Crippen LogP contribution >= 0.6 is 21.6 Å². The maximum absolute atomic E-state index is 14.5. The van der Waals surface area contributed by atoms with Crippen LogP contribution in [-0.2, 0) is 51.2 Å². The molecule has 390 valence electrons. The van der Waals surface area contributed by atoms with Gasteiger partial charge in [-0.25, -0.2) is 0 Å². The minimum Gasteiger partial charge on any atom is -0.494 e. The Bertz CT molecular complexity index is 2140. The van der Waals surface area contributed by atoms with Crippen LogP contribution in [0, 0.1) is 5.92 Å². The predicted molar refractivity (Wildman–Crippen MR) is 274 cm³/mol. The summed E-state index contributed by atoms with van der Waals surface area (Å²) in [5, 5.41) is 19.3. The van der Waals surface area contributed by atoms with Crippen molar-refractivity contribution in [3.63, 3.8) is 0 Å². The van der Waals surface area contributed by atoms with E-state index in [1.165, 1.54) is 21.6 Å². The van der Waals surface area contributed by atoms with Gasteiger partial charge in [-0.2, -0.15) is 0 Å². The summed E-state index contributed by atoms with van der Waals surface area (Å²) in [6.45, 7) is 5.91. The van der Waals surface area contributed by atoms with Crippen LogP contribution in [0.15, 0.2) is 59.6 Å². The number of aliphatic imine (C=N–C) groups is 1. The van der Waals surface area contributed by atoms with Crippen molar-refractivity contribution >= 4 is 74.8 Å². The number of amides is 8. The molecule has 15 N–H and O–H groups in total. The zero-order chi connectivity index (χ0) is 51.9. The van der Waals surface area contributed by atoms with Crippen molar-refractivity contribution in [2.75, 3.05) is 32.0 Å². The summed E-state index contributed by atoms with van der Waals surface area (Å²) < 4.78 is 4.99. The summed E-state index contributed by atoms with van der Waals surface area (Å²) in [6, 6.07) is 8.80. The van der Waals surface area contributed by atoms with Crippen molar-refractivity contribution in [2.45, 2.75) is 132 Å². The number of carbonyl (C=O) groups excluding carboxylic acids is 8. The van der Waals surface area contributed by atoms with E-state index >= 15 is 0 Å². The maximum atomic E-state index is 14.5. The van der Waals surface area contributed by atoms with Gasteiger partial charge in [0.25, 0.3) is 0 Å². The highest BCUT2D eigenvalue weighted by molar-refractivity contribution is 8.77. The number of nitrogens with two attached hydrogens (primary N) is 4. The third-order valence-electron chi connectivity index (χ3n) is 11.9. The molecule has 1 aliphatic carbocycles. The first kappa shape index (κ1) is 57.5. The molecule has 4 rings (SSSR count). The van der Waals surface area contributed by atoms with E-state index in [1.807, 2.05) is 13.0 Å². The van der Waals surface area contributed by atoms with E-state index < -0.39 is 101 Å². The van der Waals surface area contributed by atoms with Crippen molar-refractivity contribution < 1.29 is 43.1 Å². The molecule has 0 aromatic heterocycles. The second kappa shape index (κ2) is 29.3. The van der Waals surface area contributed by atoms with Gasteiger partial charge in [0, 0.05) is 49.4 Å². The van der Waals surface area contributed by atoms with Crippen LogP contribution in [0.4, 0.5) is 0 Å². The zero-order valence-corrected chi connectivity index (χ0v) is 42.4. The molecule has 1 aliphatic heterocycles. The molecular formula is C48H72N12O9S2. The third kappa shape index (κ3) is 19.9. The Morgan fingerprint density at radius 3 is 2.01 bits per heavy atom. The molecule has 1 spiro atoms. The van der Waals surface area contributed by atoms with Crippen molar-refractivity contribution in [2.24, 2.45) is 33.8 Å². The molecular weight excluding hydrogens is 953 g/mol. The molecule has 1 heterocycles. The van der Waals surface area contributed by atoms with Crippen LogP contribution in [0.3, 0.4) is 0 Å². The first-order valence-corrected chi connectivity index (χ1v) is 26.4. The minimum absolute atomic E-state index is 0.000566. The second-order valence-corrected chi connectivity index (χ2v) is 20.9. The standard InChI is InChI=1S/C48H72N12O9S2/c1-4-69-32-17-15-31(16-18-32)25-34-43(65)57-35(24-30-12-7-5-8-13-30)45(67)60-40(29(2)3)46(68)58-36(26-38(50)61)44(66)59-37(28-70-71-48(27-39(62)56-34)19-9-6-10-20-48)42(64)54-23-22-53-41(63)33(49)14-11-21-55-47(51)52/h5,7-8,12-13,15-18,29,33-37,40H,4,6,9-11,14,19-28,49H2,1-3H3,(H2,50,61)(H,53,63)(H,54,64)(H,56,62)(H,57,65)(H,58,68)(H,59,66)(H,60,67)(H4,51,52,55)/t33-,34-,35+,36+,37+,40+/m1/s1. The van der Waals surface area contributed by atoms with E-state index in [9.17, 15) is 38.4 Å². The van der Waals surface area contributed by atoms with Crippen LogP contribution in [0.25, 0.3) is 0 Å². The number of benzene rings is 2. The van der Waals surface area contributed by atoms with E-state index in [2.05, 4.69) is 42.2 Å². The predicted octanol–water partition coefficient (Wildman–Crippen LogP) is -0.0728. The lowest BCUT2D eigenvalue weighted by Gasteiger charge is -2.36. The maximum Gasteiger partial charge on any atom is 0.243 e. The average Bonchev–Trinajstić information content (AvgIpc) is 3.32. The zero-order valence-electron chi connectivity index (χ0n) is 40.8. The second-order valence-electron chi connectivity index (χ2n) is 18.1. The fraction of sp³-hybridized carbons (Fsp3) is 0.562. The number of guanidine groups is 1. The topological polar surface area (TPSA) is 346 Å². The number of primary amides is 1. The van der Waals surface area contributed by atoms with Crippen molar-refractivity contribution in [1.29, 1.82) is 0 Å². The van der Waals surface area contributed by atoms with Gasteiger partial charge in [-0.05, 0) is 61.8 Å². The largest absolute Gasteiger partial charge is 0.494 e. The highest BCUT2D eigenvalue weighted by atomic mass is 33.1. The molecule has 8 amide bonds. The summed E-state index contributed by atoms with van der Waals surface area (Å²) in [5.74, 6) is -5.52. The van der Waals surface area contributed by atoms with Crippen molar-refractivity contribution in [3.8, 4) is 5.75 Å². The third-order valence-corrected chi connectivity index (χ3v) is 15.2. The van der Waals surface area contributed by atoms with Gasteiger partial charge < -0.3 is 64.9 Å². The van der Waals surface area contributed by atoms with Gasteiger partial charge in [0.2, 0.25) is 47.3 Å². The number of rotatable bonds is 18. The Labute approximate surface area is 423 Å². The summed E-state index contributed by atoms with van der Waals surface area (Å²) in [5.41, 5.74) is 23.7. The summed E-state index contributed by atoms with van der Waals surface area (Å²) in [4.78, 5) is 114. The highest BCUT2D eigenvalue weighted by Crippen LogP contribution is 2.48. The van der Waals surface area contributed by atoms with Crippen LogP contribution < -0.4 is 64.9 Å². The van der Waals surface area contributed by atoms with Gasteiger partial charge >= 0.3 is 0 Å². The van der Waals surface area contributed by atoms with Crippen LogP contribution in [0.5, 0.6) is 5.75 Å². The number of hydrogen-bond donors (Lipinski definition) is 11. The lowest BCUT2D eigenvalue weighted by atomic mass is 9.85. The molecule has 71 heavy (non-hydrogen) atoms. The van der Waals surface area contributed by atoms with Gasteiger partial charge in [-0.3, -0.25) is 43.3 Å². The molecule has 0 bridgehead atoms. The van der Waals surface area contributed by atoms with E-state index in [0.29, 0.717) is 50.1 Å². The fourth-order valence-electron chi connectivity index (χ4n) is 8.11. The van der Waals surface area contributed by atoms with Gasteiger partial charge in [0.15, 0.2) is 5.96 Å². The summed E-state index contributed by atoms with van der Waals surface area (Å²) in [7, 11) is 2.69. The first-order chi connectivity index (χ1) is 33.9.